The molecule has 13 aromatic rings. The maximum atomic E-state index is 2.40. The first-order valence-corrected chi connectivity index (χ1v) is 27.6. The highest BCUT2D eigenvalue weighted by molar-refractivity contribution is 5.91. The van der Waals surface area contributed by atoms with E-state index in [1.54, 1.807) is 0 Å². The van der Waals surface area contributed by atoms with Gasteiger partial charge in [-0.2, -0.15) is 0 Å². The zero-order valence-corrected chi connectivity index (χ0v) is 44.8. The summed E-state index contributed by atoms with van der Waals surface area (Å²) in [6.07, 6.45) is 0. The molecule has 3 heteroatoms. The molecule has 13 rings (SSSR count). The maximum absolute atomic E-state index is 2.40. The fourth-order valence-electron chi connectivity index (χ4n) is 10.9. The molecule has 0 N–H and O–H groups in total. The lowest BCUT2D eigenvalue weighted by atomic mass is 10.0. The standard InChI is InChI=1S/C78H57N3/c1-7-19-58(20-8-1)64-31-43-70(44-32-64)79(71-45-33-65(34-46-71)59-21-9-2-10-22-59)76-55-77(80(72-47-35-66(36-48-72)60-23-11-3-12-24-60)73-49-37-67(38-50-73)61-25-13-4-14-26-61)57-78(56-76)81(74-51-39-68(40-52-74)62-27-15-5-16-28-62)75-53-41-69(42-54-75)63-29-17-6-18-30-63/h1-57H. The van der Waals surface area contributed by atoms with E-state index in [1.165, 1.54) is 33.4 Å². The molecule has 0 fully saturated rings. The van der Waals surface area contributed by atoms with Gasteiger partial charge in [-0.1, -0.05) is 255 Å². The molecule has 81 heavy (non-hydrogen) atoms. The first kappa shape index (κ1) is 49.8. The van der Waals surface area contributed by atoms with Crippen LogP contribution in [0.25, 0.3) is 66.8 Å². The van der Waals surface area contributed by atoms with Crippen molar-refractivity contribution in [2.45, 2.75) is 0 Å². The third-order valence-electron chi connectivity index (χ3n) is 15.1. The van der Waals surface area contributed by atoms with E-state index in [0.29, 0.717) is 0 Å². The molecule has 3 nitrogen and oxygen atoms in total. The molecule has 0 aliphatic rings. The SMILES string of the molecule is c1ccc(-c2ccc(N(c3ccc(-c4ccccc4)cc3)c3cc(N(c4ccc(-c5ccccc5)cc4)c4ccc(-c5ccccc5)cc4)cc(N(c4ccc(-c5ccccc5)cc4)c4ccc(-c5ccccc5)cc4)c3)cc2)cc1. The van der Waals surface area contributed by atoms with Crippen LogP contribution in [0, 0.1) is 0 Å². The molecule has 0 spiro atoms. The summed E-state index contributed by atoms with van der Waals surface area (Å²) in [5, 5.41) is 0. The second-order valence-corrected chi connectivity index (χ2v) is 20.2. The van der Waals surface area contributed by atoms with Crippen molar-refractivity contribution in [1.82, 2.24) is 0 Å². The smallest absolute Gasteiger partial charge is 0.0503 e. The number of hydrogen-bond donors (Lipinski definition) is 0. The van der Waals surface area contributed by atoms with Gasteiger partial charge < -0.3 is 14.7 Å². The summed E-state index contributed by atoms with van der Waals surface area (Å²) in [6.45, 7) is 0. The van der Waals surface area contributed by atoms with E-state index in [1.807, 2.05) is 0 Å². The van der Waals surface area contributed by atoms with Crippen LogP contribution in [-0.4, -0.2) is 0 Å². The van der Waals surface area contributed by atoms with Gasteiger partial charge in [-0.05, 0) is 158 Å². The van der Waals surface area contributed by atoms with Crippen molar-refractivity contribution in [3.8, 4) is 66.8 Å². The first-order valence-electron chi connectivity index (χ1n) is 27.6. The highest BCUT2D eigenvalue weighted by Crippen LogP contribution is 2.47. The molecular weight excluding hydrogens is 979 g/mol. The fourth-order valence-corrected chi connectivity index (χ4v) is 10.9. The zero-order valence-electron chi connectivity index (χ0n) is 44.8. The Balaban J connectivity index is 1.05. The van der Waals surface area contributed by atoms with Crippen LogP contribution in [0.15, 0.2) is 346 Å². The van der Waals surface area contributed by atoms with Crippen LogP contribution in [0.5, 0.6) is 0 Å². The lowest BCUT2D eigenvalue weighted by Gasteiger charge is -2.33. The third kappa shape index (κ3) is 10.9. The molecular formula is C78H57N3. The van der Waals surface area contributed by atoms with Crippen molar-refractivity contribution < 1.29 is 0 Å². The van der Waals surface area contributed by atoms with E-state index >= 15 is 0 Å². The van der Waals surface area contributed by atoms with Crippen LogP contribution in [0.2, 0.25) is 0 Å². The van der Waals surface area contributed by atoms with Crippen molar-refractivity contribution in [3.05, 3.63) is 346 Å². The fraction of sp³-hybridized carbons (Fsp3) is 0. The number of anilines is 9. The molecule has 0 saturated heterocycles. The van der Waals surface area contributed by atoms with Crippen molar-refractivity contribution in [3.63, 3.8) is 0 Å². The monoisotopic (exact) mass is 1040 g/mol. The Morgan fingerprint density at radius 2 is 0.235 bits per heavy atom. The second kappa shape index (κ2) is 23.1. The minimum atomic E-state index is 0.987. The van der Waals surface area contributed by atoms with E-state index in [0.717, 1.165) is 84.6 Å². The Kier molecular flexibility index (Phi) is 14.2. The van der Waals surface area contributed by atoms with Gasteiger partial charge in [0.25, 0.3) is 0 Å². The summed E-state index contributed by atoms with van der Waals surface area (Å²) in [5.41, 5.74) is 23.1. The molecule has 0 bridgehead atoms. The lowest BCUT2D eigenvalue weighted by molar-refractivity contribution is 1.22. The Bertz CT molecular complexity index is 3420. The maximum Gasteiger partial charge on any atom is 0.0503 e. The minimum absolute atomic E-state index is 0.987. The molecule has 0 atom stereocenters. The third-order valence-corrected chi connectivity index (χ3v) is 15.1. The van der Waals surface area contributed by atoms with E-state index in [-0.39, 0.29) is 0 Å². The molecule has 0 unspecified atom stereocenters. The van der Waals surface area contributed by atoms with Crippen molar-refractivity contribution in [2.75, 3.05) is 14.7 Å². The number of rotatable bonds is 15. The Hall–Kier alpha value is -10.7. The van der Waals surface area contributed by atoms with Gasteiger partial charge in [0.2, 0.25) is 0 Å². The summed E-state index contributed by atoms with van der Waals surface area (Å²) < 4.78 is 0. The summed E-state index contributed by atoms with van der Waals surface area (Å²) in [4.78, 5) is 7.21. The summed E-state index contributed by atoms with van der Waals surface area (Å²) >= 11 is 0. The van der Waals surface area contributed by atoms with Crippen molar-refractivity contribution >= 4 is 51.2 Å². The van der Waals surface area contributed by atoms with Crippen molar-refractivity contribution in [2.24, 2.45) is 0 Å². The number of benzene rings is 13. The van der Waals surface area contributed by atoms with Crippen LogP contribution < -0.4 is 14.7 Å². The van der Waals surface area contributed by atoms with Crippen LogP contribution in [-0.2, 0) is 0 Å². The number of hydrogen-bond acceptors (Lipinski definition) is 3. The van der Waals surface area contributed by atoms with E-state index in [4.69, 9.17) is 0 Å². The Labute approximate surface area is 475 Å². The summed E-state index contributed by atoms with van der Waals surface area (Å²) in [5.74, 6) is 0. The van der Waals surface area contributed by atoms with Gasteiger partial charge in [0, 0.05) is 34.1 Å². The summed E-state index contributed by atoms with van der Waals surface area (Å²) in [6, 6.07) is 125. The zero-order chi connectivity index (χ0) is 54.2. The number of nitrogens with zero attached hydrogens (tertiary/aromatic N) is 3. The highest BCUT2D eigenvalue weighted by Gasteiger charge is 2.23. The molecule has 13 aromatic carbocycles. The Morgan fingerprint density at radius 3 is 0.370 bits per heavy atom. The van der Waals surface area contributed by atoms with Gasteiger partial charge in [-0.15, -0.1) is 0 Å². The van der Waals surface area contributed by atoms with E-state index in [2.05, 4.69) is 360 Å². The van der Waals surface area contributed by atoms with Gasteiger partial charge in [0.05, 0.1) is 17.1 Å². The van der Waals surface area contributed by atoms with Crippen LogP contribution >= 0.6 is 0 Å². The molecule has 0 aliphatic heterocycles. The molecule has 0 aliphatic carbocycles. The van der Waals surface area contributed by atoms with Crippen LogP contribution in [0.1, 0.15) is 0 Å². The predicted octanol–water partition coefficient (Wildman–Crippen LogP) is 22.1. The minimum Gasteiger partial charge on any atom is -0.310 e. The van der Waals surface area contributed by atoms with Crippen LogP contribution in [0.4, 0.5) is 51.2 Å². The molecule has 0 amide bonds. The van der Waals surface area contributed by atoms with E-state index in [9.17, 15) is 0 Å². The van der Waals surface area contributed by atoms with Crippen molar-refractivity contribution in [1.29, 1.82) is 0 Å². The quantitative estimate of drug-likeness (QED) is 0.101. The average Bonchev–Trinajstić information content (AvgIpc) is 3.57. The molecule has 0 heterocycles. The summed E-state index contributed by atoms with van der Waals surface area (Å²) in [7, 11) is 0. The van der Waals surface area contributed by atoms with Gasteiger partial charge in [-0.25, -0.2) is 0 Å². The van der Waals surface area contributed by atoms with Crippen LogP contribution in [0.3, 0.4) is 0 Å². The molecule has 0 aromatic heterocycles. The largest absolute Gasteiger partial charge is 0.310 e. The molecule has 384 valence electrons. The molecule has 0 saturated carbocycles. The Morgan fingerprint density at radius 1 is 0.111 bits per heavy atom. The van der Waals surface area contributed by atoms with E-state index < -0.39 is 0 Å². The van der Waals surface area contributed by atoms with Gasteiger partial charge in [0.1, 0.15) is 0 Å². The topological polar surface area (TPSA) is 9.72 Å². The first-order chi connectivity index (χ1) is 40.1. The second-order valence-electron chi connectivity index (χ2n) is 20.2. The average molecular weight is 1040 g/mol. The van der Waals surface area contributed by atoms with Gasteiger partial charge in [-0.3, -0.25) is 0 Å². The van der Waals surface area contributed by atoms with Gasteiger partial charge >= 0.3 is 0 Å². The van der Waals surface area contributed by atoms with Gasteiger partial charge in [0.15, 0.2) is 0 Å². The highest BCUT2D eigenvalue weighted by atomic mass is 15.2. The normalized spacial score (nSPS) is 11.0. The lowest BCUT2D eigenvalue weighted by Crippen LogP contribution is -2.16. The predicted molar refractivity (Wildman–Crippen MR) is 343 cm³/mol. The molecule has 0 radical (unpaired) electrons.